The number of halogens is 1. The fourth-order valence-corrected chi connectivity index (χ4v) is 4.01. The fourth-order valence-electron chi connectivity index (χ4n) is 2.32. The molecule has 1 N–H and O–H groups in total. The Morgan fingerprint density at radius 2 is 2.10 bits per heavy atom. The summed E-state index contributed by atoms with van der Waals surface area (Å²) in [5, 5.41) is 3.08. The largest absolute Gasteiger partial charge is 0.313 e. The van der Waals surface area contributed by atoms with Gasteiger partial charge in [0.1, 0.15) is 5.82 Å². The van der Waals surface area contributed by atoms with Crippen LogP contribution < -0.4 is 5.32 Å². The molecule has 0 unspecified atom stereocenters. The van der Waals surface area contributed by atoms with Crippen LogP contribution in [-0.4, -0.2) is 32.4 Å². The second-order valence-corrected chi connectivity index (χ2v) is 7.01. The van der Waals surface area contributed by atoms with Gasteiger partial charge in [0.05, 0.1) is 4.90 Å². The van der Waals surface area contributed by atoms with Gasteiger partial charge in [-0.2, -0.15) is 4.31 Å². The lowest BCUT2D eigenvalue weighted by Crippen LogP contribution is -2.34. The molecular weight excluding hydrogens is 291 g/mol. The molecule has 1 aliphatic heterocycles. The highest BCUT2D eigenvalue weighted by Gasteiger charge is 2.27. The van der Waals surface area contributed by atoms with E-state index >= 15 is 0 Å². The molecule has 0 saturated heterocycles. The summed E-state index contributed by atoms with van der Waals surface area (Å²) in [5.74, 6) is -0.475. The van der Waals surface area contributed by atoms with Gasteiger partial charge in [0.25, 0.3) is 0 Å². The molecule has 6 heteroatoms. The van der Waals surface area contributed by atoms with Crippen molar-refractivity contribution < 1.29 is 12.8 Å². The van der Waals surface area contributed by atoms with Gasteiger partial charge in [-0.1, -0.05) is 19.1 Å². The van der Waals surface area contributed by atoms with Gasteiger partial charge in [0.2, 0.25) is 10.0 Å². The molecule has 2 rings (SSSR count). The molecule has 0 aliphatic carbocycles. The first-order valence-electron chi connectivity index (χ1n) is 7.11. The van der Waals surface area contributed by atoms with Gasteiger partial charge in [-0.05, 0) is 37.6 Å². The van der Waals surface area contributed by atoms with E-state index in [4.69, 9.17) is 0 Å². The zero-order chi connectivity index (χ0) is 15.5. The van der Waals surface area contributed by atoms with Crippen molar-refractivity contribution in [3.8, 4) is 0 Å². The second-order valence-electron chi connectivity index (χ2n) is 5.10. The van der Waals surface area contributed by atoms with Crippen LogP contribution in [0.15, 0.2) is 29.2 Å². The first-order valence-corrected chi connectivity index (χ1v) is 8.55. The molecular formula is C15H21FN2O2S. The highest BCUT2D eigenvalue weighted by molar-refractivity contribution is 7.89. The third kappa shape index (κ3) is 3.51. The van der Waals surface area contributed by atoms with Gasteiger partial charge < -0.3 is 5.32 Å². The maximum atomic E-state index is 14.0. The van der Waals surface area contributed by atoms with Gasteiger partial charge >= 0.3 is 0 Å². The summed E-state index contributed by atoms with van der Waals surface area (Å²) in [6, 6.07) is 2.97. The number of hydrogen-bond acceptors (Lipinski definition) is 3. The van der Waals surface area contributed by atoms with E-state index in [1.165, 1.54) is 17.3 Å². The van der Waals surface area contributed by atoms with Crippen LogP contribution in [0.25, 0.3) is 0 Å². The van der Waals surface area contributed by atoms with E-state index < -0.39 is 15.8 Å². The second kappa shape index (κ2) is 6.68. The summed E-state index contributed by atoms with van der Waals surface area (Å²) >= 11 is 0. The van der Waals surface area contributed by atoms with Crippen molar-refractivity contribution in [3.05, 3.63) is 41.2 Å². The van der Waals surface area contributed by atoms with Crippen LogP contribution in [0.5, 0.6) is 0 Å². The number of nitrogens with one attached hydrogen (secondary N) is 1. The zero-order valence-corrected chi connectivity index (χ0v) is 13.2. The van der Waals surface area contributed by atoms with E-state index in [1.54, 1.807) is 6.07 Å². The molecule has 1 heterocycles. The first-order chi connectivity index (χ1) is 9.96. The van der Waals surface area contributed by atoms with Gasteiger partial charge in [0, 0.05) is 25.2 Å². The Morgan fingerprint density at radius 3 is 2.71 bits per heavy atom. The standard InChI is InChI=1S/C15H21FN2O2S/c1-3-17-11-13-9-14(16)12(2)15(10-13)21(19,20)18-7-5-4-6-8-18/h4-5,9-10,17H,3,6-8,11H2,1-2H3. The van der Waals surface area contributed by atoms with E-state index in [9.17, 15) is 12.8 Å². The maximum Gasteiger partial charge on any atom is 0.243 e. The summed E-state index contributed by atoms with van der Waals surface area (Å²) in [7, 11) is -3.65. The van der Waals surface area contributed by atoms with E-state index in [2.05, 4.69) is 5.32 Å². The molecule has 0 saturated carbocycles. The van der Waals surface area contributed by atoms with Crippen molar-refractivity contribution in [2.75, 3.05) is 19.6 Å². The fraction of sp³-hybridized carbons (Fsp3) is 0.467. The molecule has 1 aliphatic rings. The Hall–Kier alpha value is -1.24. The van der Waals surface area contributed by atoms with Crippen molar-refractivity contribution >= 4 is 10.0 Å². The molecule has 1 aromatic carbocycles. The molecule has 0 spiro atoms. The van der Waals surface area contributed by atoms with Crippen molar-refractivity contribution in [3.63, 3.8) is 0 Å². The Morgan fingerprint density at radius 1 is 1.33 bits per heavy atom. The van der Waals surface area contributed by atoms with Crippen LogP contribution in [-0.2, 0) is 16.6 Å². The average molecular weight is 312 g/mol. The molecule has 0 aromatic heterocycles. The summed E-state index contributed by atoms with van der Waals surface area (Å²) in [6.45, 7) is 5.45. The molecule has 1 aromatic rings. The lowest BCUT2D eigenvalue weighted by molar-refractivity contribution is 0.436. The Balaban J connectivity index is 2.41. The highest BCUT2D eigenvalue weighted by Crippen LogP contribution is 2.25. The number of rotatable bonds is 5. The van der Waals surface area contributed by atoms with Gasteiger partial charge in [0.15, 0.2) is 0 Å². The molecule has 4 nitrogen and oxygen atoms in total. The number of nitrogens with zero attached hydrogens (tertiary/aromatic N) is 1. The van der Waals surface area contributed by atoms with Crippen LogP contribution in [0.4, 0.5) is 4.39 Å². The third-order valence-electron chi connectivity index (χ3n) is 3.57. The molecule has 0 atom stereocenters. The van der Waals surface area contributed by atoms with E-state index in [0.29, 0.717) is 31.6 Å². The van der Waals surface area contributed by atoms with Crippen LogP contribution >= 0.6 is 0 Å². The van der Waals surface area contributed by atoms with Crippen LogP contribution in [0.3, 0.4) is 0 Å². The number of sulfonamides is 1. The minimum Gasteiger partial charge on any atom is -0.313 e. The molecule has 0 bridgehead atoms. The molecule has 0 fully saturated rings. The molecule has 0 amide bonds. The van der Waals surface area contributed by atoms with Crippen molar-refractivity contribution in [1.82, 2.24) is 9.62 Å². The molecule has 0 radical (unpaired) electrons. The van der Waals surface area contributed by atoms with Crippen LogP contribution in [0.2, 0.25) is 0 Å². The summed E-state index contributed by atoms with van der Waals surface area (Å²) in [6.07, 6.45) is 4.48. The Bertz CT molecular complexity index is 641. The van der Waals surface area contributed by atoms with E-state index in [0.717, 1.165) is 6.54 Å². The topological polar surface area (TPSA) is 49.4 Å². The highest BCUT2D eigenvalue weighted by atomic mass is 32.2. The van der Waals surface area contributed by atoms with E-state index in [-0.39, 0.29) is 10.5 Å². The van der Waals surface area contributed by atoms with Gasteiger partial charge in [-0.15, -0.1) is 0 Å². The summed E-state index contributed by atoms with van der Waals surface area (Å²) < 4.78 is 40.8. The SMILES string of the molecule is CCNCc1cc(F)c(C)c(S(=O)(=O)N2CC=CCC2)c1. The zero-order valence-electron chi connectivity index (χ0n) is 12.4. The summed E-state index contributed by atoms with van der Waals surface area (Å²) in [5.41, 5.74) is 0.830. The smallest absolute Gasteiger partial charge is 0.243 e. The maximum absolute atomic E-state index is 14.0. The lowest BCUT2D eigenvalue weighted by atomic mass is 10.1. The number of hydrogen-bond donors (Lipinski definition) is 1. The minimum absolute atomic E-state index is 0.0747. The Kier molecular flexibility index (Phi) is 5.13. The summed E-state index contributed by atoms with van der Waals surface area (Å²) in [4.78, 5) is 0.0747. The monoisotopic (exact) mass is 312 g/mol. The van der Waals surface area contributed by atoms with Gasteiger partial charge in [-0.25, -0.2) is 12.8 Å². The number of benzene rings is 1. The van der Waals surface area contributed by atoms with E-state index in [1.807, 2.05) is 19.1 Å². The van der Waals surface area contributed by atoms with Crippen molar-refractivity contribution in [1.29, 1.82) is 0 Å². The lowest BCUT2D eigenvalue weighted by Gasteiger charge is -2.24. The van der Waals surface area contributed by atoms with Gasteiger partial charge in [-0.3, -0.25) is 0 Å². The van der Waals surface area contributed by atoms with Crippen LogP contribution in [0.1, 0.15) is 24.5 Å². The predicted octanol–water partition coefficient (Wildman–Crippen LogP) is 2.19. The quantitative estimate of drug-likeness (QED) is 0.848. The first kappa shape index (κ1) is 16.1. The minimum atomic E-state index is -3.65. The Labute approximate surface area is 125 Å². The predicted molar refractivity (Wildman–Crippen MR) is 81.0 cm³/mol. The normalized spacial score (nSPS) is 16.3. The molecule has 116 valence electrons. The average Bonchev–Trinajstić information content (AvgIpc) is 2.49. The van der Waals surface area contributed by atoms with Crippen molar-refractivity contribution in [2.24, 2.45) is 0 Å². The van der Waals surface area contributed by atoms with Crippen molar-refractivity contribution in [2.45, 2.75) is 31.7 Å². The third-order valence-corrected chi connectivity index (χ3v) is 5.57. The molecule has 21 heavy (non-hydrogen) atoms. The van der Waals surface area contributed by atoms with Crippen LogP contribution in [0, 0.1) is 12.7 Å².